The summed E-state index contributed by atoms with van der Waals surface area (Å²) in [5, 5.41) is 10.1. The smallest absolute Gasteiger partial charge is 0.159 e. The van der Waals surface area contributed by atoms with Crippen LogP contribution in [0.15, 0.2) is 42.7 Å². The Morgan fingerprint density at radius 2 is 1.82 bits per heavy atom. The first-order valence-corrected chi connectivity index (χ1v) is 7.75. The number of fused-ring (bicyclic) bond motifs is 1. The van der Waals surface area contributed by atoms with Gasteiger partial charge < -0.3 is 10.2 Å². The number of rotatable bonds is 2. The minimum absolute atomic E-state index is 0.723. The second-order valence-electron chi connectivity index (χ2n) is 5.34. The summed E-state index contributed by atoms with van der Waals surface area (Å²) < 4.78 is 1.94. The number of aromatic nitrogens is 3. The lowest BCUT2D eigenvalue weighted by Crippen LogP contribution is -2.43. The van der Waals surface area contributed by atoms with Crippen LogP contribution in [0, 0.1) is 0 Å². The standard InChI is InChI=1S/C16H16ClN5/c17-12-1-3-13(4-2-12)22-15-11-19-6-5-14(15)16(20-22)21-9-7-18-8-10-21/h1-6,11,18H,7-10H2. The molecule has 1 saturated heterocycles. The molecule has 0 bridgehead atoms. The lowest BCUT2D eigenvalue weighted by Gasteiger charge is -2.27. The highest BCUT2D eigenvalue weighted by atomic mass is 35.5. The summed E-state index contributed by atoms with van der Waals surface area (Å²) in [4.78, 5) is 6.58. The topological polar surface area (TPSA) is 46.0 Å². The van der Waals surface area contributed by atoms with Crippen molar-refractivity contribution in [3.05, 3.63) is 47.7 Å². The lowest BCUT2D eigenvalue weighted by atomic mass is 10.2. The molecule has 1 aromatic carbocycles. The number of pyridine rings is 1. The number of nitrogens with zero attached hydrogens (tertiary/aromatic N) is 4. The molecule has 0 spiro atoms. The Kier molecular flexibility index (Phi) is 3.44. The highest BCUT2D eigenvalue weighted by Gasteiger charge is 2.19. The predicted molar refractivity (Wildman–Crippen MR) is 89.0 cm³/mol. The molecule has 3 aromatic rings. The SMILES string of the molecule is Clc1ccc(-n2nc(N3CCNCC3)c3ccncc32)cc1. The molecule has 0 radical (unpaired) electrons. The second-order valence-corrected chi connectivity index (χ2v) is 5.78. The van der Waals surface area contributed by atoms with Crippen LogP contribution in [-0.4, -0.2) is 40.9 Å². The molecule has 0 aliphatic carbocycles. The average molecular weight is 314 g/mol. The summed E-state index contributed by atoms with van der Waals surface area (Å²) in [5.74, 6) is 1.02. The summed E-state index contributed by atoms with van der Waals surface area (Å²) in [6, 6.07) is 9.75. The van der Waals surface area contributed by atoms with Crippen molar-refractivity contribution in [2.24, 2.45) is 0 Å². The molecule has 4 rings (SSSR count). The Morgan fingerprint density at radius 3 is 2.59 bits per heavy atom. The Morgan fingerprint density at radius 1 is 1.05 bits per heavy atom. The molecule has 0 saturated carbocycles. The summed E-state index contributed by atoms with van der Waals surface area (Å²) >= 11 is 5.99. The molecule has 5 nitrogen and oxygen atoms in total. The van der Waals surface area contributed by atoms with Gasteiger partial charge in [0.25, 0.3) is 0 Å². The Labute approximate surface area is 133 Å². The molecule has 6 heteroatoms. The zero-order valence-corrected chi connectivity index (χ0v) is 12.8. The van der Waals surface area contributed by atoms with Crippen LogP contribution in [0.3, 0.4) is 0 Å². The fourth-order valence-electron chi connectivity index (χ4n) is 2.84. The lowest BCUT2D eigenvalue weighted by molar-refractivity contribution is 0.584. The fraction of sp³-hybridized carbons (Fsp3) is 0.250. The zero-order chi connectivity index (χ0) is 14.9. The molecule has 1 N–H and O–H groups in total. The number of benzene rings is 1. The molecule has 0 amide bonds. The van der Waals surface area contributed by atoms with E-state index < -0.39 is 0 Å². The minimum Gasteiger partial charge on any atom is -0.352 e. The number of anilines is 1. The maximum Gasteiger partial charge on any atom is 0.159 e. The van der Waals surface area contributed by atoms with Crippen molar-refractivity contribution >= 4 is 28.3 Å². The van der Waals surface area contributed by atoms with E-state index >= 15 is 0 Å². The van der Waals surface area contributed by atoms with Crippen LogP contribution in [0.25, 0.3) is 16.6 Å². The number of nitrogens with one attached hydrogen (secondary N) is 1. The van der Waals surface area contributed by atoms with Gasteiger partial charge in [-0.3, -0.25) is 4.98 Å². The van der Waals surface area contributed by atoms with E-state index in [1.807, 2.05) is 47.4 Å². The van der Waals surface area contributed by atoms with Gasteiger partial charge in [0, 0.05) is 42.8 Å². The minimum atomic E-state index is 0.723. The van der Waals surface area contributed by atoms with Crippen LogP contribution >= 0.6 is 11.6 Å². The van der Waals surface area contributed by atoms with Crippen molar-refractivity contribution in [3.63, 3.8) is 0 Å². The van der Waals surface area contributed by atoms with E-state index in [0.717, 1.165) is 53.6 Å². The monoisotopic (exact) mass is 313 g/mol. The van der Waals surface area contributed by atoms with E-state index in [1.54, 1.807) is 0 Å². The third-order valence-electron chi connectivity index (χ3n) is 3.95. The van der Waals surface area contributed by atoms with E-state index in [9.17, 15) is 0 Å². The quantitative estimate of drug-likeness (QED) is 0.789. The summed E-state index contributed by atoms with van der Waals surface area (Å²) in [7, 11) is 0. The Balaban J connectivity index is 1.86. The second kappa shape index (κ2) is 5.59. The normalized spacial score (nSPS) is 15.4. The van der Waals surface area contributed by atoms with Crippen LogP contribution in [0.5, 0.6) is 0 Å². The Bertz CT molecular complexity index is 790. The first-order chi connectivity index (χ1) is 10.8. The molecular weight excluding hydrogens is 298 g/mol. The molecule has 1 aliphatic rings. The van der Waals surface area contributed by atoms with Crippen molar-refractivity contribution in [3.8, 4) is 5.69 Å². The van der Waals surface area contributed by atoms with Gasteiger partial charge >= 0.3 is 0 Å². The molecular formula is C16H16ClN5. The van der Waals surface area contributed by atoms with Gasteiger partial charge in [-0.1, -0.05) is 11.6 Å². The van der Waals surface area contributed by atoms with Crippen LogP contribution in [0.1, 0.15) is 0 Å². The number of hydrogen-bond donors (Lipinski definition) is 1. The van der Waals surface area contributed by atoms with Gasteiger partial charge in [0.15, 0.2) is 5.82 Å². The van der Waals surface area contributed by atoms with E-state index in [-0.39, 0.29) is 0 Å². The molecule has 0 unspecified atom stereocenters. The van der Waals surface area contributed by atoms with E-state index in [1.165, 1.54) is 0 Å². The Hall–Kier alpha value is -2.11. The van der Waals surface area contributed by atoms with Crippen LogP contribution in [0.2, 0.25) is 5.02 Å². The van der Waals surface area contributed by atoms with Crippen molar-refractivity contribution in [2.45, 2.75) is 0 Å². The third-order valence-corrected chi connectivity index (χ3v) is 4.20. The number of hydrogen-bond acceptors (Lipinski definition) is 4. The van der Waals surface area contributed by atoms with E-state index in [4.69, 9.17) is 16.7 Å². The fourth-order valence-corrected chi connectivity index (χ4v) is 2.96. The maximum atomic E-state index is 5.99. The van der Waals surface area contributed by atoms with E-state index in [2.05, 4.69) is 15.2 Å². The molecule has 0 atom stereocenters. The van der Waals surface area contributed by atoms with Gasteiger partial charge in [-0.2, -0.15) is 0 Å². The average Bonchev–Trinajstić information content (AvgIpc) is 2.96. The summed E-state index contributed by atoms with van der Waals surface area (Å²) in [5.41, 5.74) is 2.00. The van der Waals surface area contributed by atoms with Gasteiger partial charge in [0.2, 0.25) is 0 Å². The van der Waals surface area contributed by atoms with Gasteiger partial charge in [0.1, 0.15) is 0 Å². The maximum absolute atomic E-state index is 5.99. The first kappa shape index (κ1) is 13.5. The van der Waals surface area contributed by atoms with Crippen LogP contribution < -0.4 is 10.2 Å². The first-order valence-electron chi connectivity index (χ1n) is 7.37. The third kappa shape index (κ3) is 2.32. The van der Waals surface area contributed by atoms with Crippen LogP contribution in [-0.2, 0) is 0 Å². The van der Waals surface area contributed by atoms with Gasteiger partial charge in [0.05, 0.1) is 17.4 Å². The molecule has 1 aliphatic heterocycles. The summed E-state index contributed by atoms with van der Waals surface area (Å²) in [6.07, 6.45) is 3.69. The number of piperazine rings is 1. The largest absolute Gasteiger partial charge is 0.352 e. The molecule has 112 valence electrons. The van der Waals surface area contributed by atoms with Gasteiger partial charge in [-0.15, -0.1) is 5.10 Å². The number of halogens is 1. The van der Waals surface area contributed by atoms with Crippen molar-refractivity contribution in [1.82, 2.24) is 20.1 Å². The predicted octanol–water partition coefficient (Wildman–Crippen LogP) is 2.48. The highest BCUT2D eigenvalue weighted by molar-refractivity contribution is 6.30. The molecule has 22 heavy (non-hydrogen) atoms. The van der Waals surface area contributed by atoms with Crippen LogP contribution in [0.4, 0.5) is 5.82 Å². The van der Waals surface area contributed by atoms with Crippen molar-refractivity contribution in [2.75, 3.05) is 31.1 Å². The highest BCUT2D eigenvalue weighted by Crippen LogP contribution is 2.28. The van der Waals surface area contributed by atoms with E-state index in [0.29, 0.717) is 0 Å². The molecule has 3 heterocycles. The zero-order valence-electron chi connectivity index (χ0n) is 12.0. The van der Waals surface area contributed by atoms with Gasteiger partial charge in [-0.25, -0.2) is 4.68 Å². The van der Waals surface area contributed by atoms with Crippen molar-refractivity contribution < 1.29 is 0 Å². The molecule has 2 aromatic heterocycles. The molecule has 1 fully saturated rings. The summed E-state index contributed by atoms with van der Waals surface area (Å²) in [6.45, 7) is 3.91. The van der Waals surface area contributed by atoms with Crippen molar-refractivity contribution in [1.29, 1.82) is 0 Å². The van der Waals surface area contributed by atoms with Gasteiger partial charge in [-0.05, 0) is 30.3 Å².